The fourth-order valence-corrected chi connectivity index (χ4v) is 4.54. The molecule has 4 aromatic rings. The van der Waals surface area contributed by atoms with Crippen LogP contribution in [0.25, 0.3) is 28.3 Å². The first-order chi connectivity index (χ1) is 16.8. The van der Waals surface area contributed by atoms with Gasteiger partial charge < -0.3 is 15.5 Å². The lowest BCUT2D eigenvalue weighted by Crippen LogP contribution is -2.36. The van der Waals surface area contributed by atoms with E-state index in [2.05, 4.69) is 29.6 Å². The molecular weight excluding hydrogens is 474 g/mol. The third kappa shape index (κ3) is 4.99. The molecule has 1 aliphatic carbocycles. The quantitative estimate of drug-likeness (QED) is 0.282. The number of fused-ring (bicyclic) bond motifs is 1. The number of nitrogens with one attached hydrogen (secondary N) is 1. The highest BCUT2D eigenvalue weighted by molar-refractivity contribution is 7.84. The van der Waals surface area contributed by atoms with Crippen LogP contribution in [0.3, 0.4) is 0 Å². The van der Waals surface area contributed by atoms with E-state index >= 15 is 0 Å². The molecule has 35 heavy (non-hydrogen) atoms. The number of aliphatic hydroxyl groups is 2. The summed E-state index contributed by atoms with van der Waals surface area (Å²) >= 11 is 0. The first kappa shape index (κ1) is 23.3. The van der Waals surface area contributed by atoms with Gasteiger partial charge in [0.15, 0.2) is 5.65 Å². The Morgan fingerprint density at radius 1 is 1.09 bits per heavy atom. The summed E-state index contributed by atoms with van der Waals surface area (Å²) in [5.41, 5.74) is 3.31. The average molecular weight is 498 g/mol. The normalized spacial score (nSPS) is 22.5. The van der Waals surface area contributed by atoms with Crippen LogP contribution in [0.15, 0.2) is 61.1 Å². The van der Waals surface area contributed by atoms with Crippen LogP contribution < -0.4 is 10.5 Å². The summed E-state index contributed by atoms with van der Waals surface area (Å²) in [6.45, 7) is -0.330. The van der Waals surface area contributed by atoms with Crippen molar-refractivity contribution in [2.45, 2.75) is 24.7 Å². The molecule has 3 aromatic heterocycles. The molecule has 13 heteroatoms. The molecule has 182 valence electrons. The first-order valence-corrected chi connectivity index (χ1v) is 12.3. The molecule has 5 rings (SSSR count). The Hall–Kier alpha value is -3.49. The molecule has 0 bridgehead atoms. The maximum Gasteiger partial charge on any atom is 0.333 e. The second kappa shape index (κ2) is 9.28. The zero-order valence-electron chi connectivity index (χ0n) is 18.3. The van der Waals surface area contributed by atoms with E-state index in [0.717, 1.165) is 5.56 Å². The lowest BCUT2D eigenvalue weighted by Gasteiger charge is -2.19. The van der Waals surface area contributed by atoms with Gasteiger partial charge in [0, 0.05) is 23.7 Å². The second-order valence-electron chi connectivity index (χ2n) is 8.29. The number of nitrogens with zero attached hydrogens (tertiary/aromatic N) is 5. The number of benzene rings is 1. The van der Waals surface area contributed by atoms with Crippen molar-refractivity contribution in [1.29, 1.82) is 0 Å². The maximum absolute atomic E-state index is 11.1. The van der Waals surface area contributed by atoms with Crippen molar-refractivity contribution in [3.63, 3.8) is 0 Å². The number of anilines is 1. The van der Waals surface area contributed by atoms with Crippen molar-refractivity contribution >= 4 is 21.8 Å². The fraction of sp³-hybridized carbons (Fsp3) is 0.273. The second-order valence-corrected chi connectivity index (χ2v) is 9.51. The topological polar surface area (TPSA) is 178 Å². The van der Waals surface area contributed by atoms with Gasteiger partial charge in [0.1, 0.15) is 23.3 Å². The van der Waals surface area contributed by atoms with E-state index in [1.807, 2.05) is 30.3 Å². The van der Waals surface area contributed by atoms with Gasteiger partial charge in [0.2, 0.25) is 0 Å². The van der Waals surface area contributed by atoms with Crippen LogP contribution in [0, 0.1) is 5.92 Å². The third-order valence-electron chi connectivity index (χ3n) is 5.91. The number of rotatable bonds is 7. The zero-order valence-corrected chi connectivity index (χ0v) is 19.2. The summed E-state index contributed by atoms with van der Waals surface area (Å²) in [5.74, 6) is -0.0972. The SMILES string of the molecule is NS(=O)(=O)OCC1CC(Nc2ccnc3cc(-c4cncc(-c5ccccc5)n4)nn23)C(O)C1O. The van der Waals surface area contributed by atoms with E-state index in [-0.39, 0.29) is 13.0 Å². The lowest BCUT2D eigenvalue weighted by molar-refractivity contribution is 0.00777. The Morgan fingerprint density at radius 3 is 2.63 bits per heavy atom. The molecule has 1 aliphatic rings. The van der Waals surface area contributed by atoms with E-state index < -0.39 is 34.5 Å². The van der Waals surface area contributed by atoms with Gasteiger partial charge in [-0.15, -0.1) is 0 Å². The number of hydrogen-bond donors (Lipinski definition) is 4. The zero-order chi connectivity index (χ0) is 24.6. The summed E-state index contributed by atoms with van der Waals surface area (Å²) in [4.78, 5) is 13.3. The van der Waals surface area contributed by atoms with E-state index in [1.54, 1.807) is 35.2 Å². The summed E-state index contributed by atoms with van der Waals surface area (Å²) < 4.78 is 28.3. The summed E-state index contributed by atoms with van der Waals surface area (Å²) in [7, 11) is -4.15. The molecule has 0 aliphatic heterocycles. The molecule has 5 N–H and O–H groups in total. The van der Waals surface area contributed by atoms with Gasteiger partial charge in [0.05, 0.1) is 36.8 Å². The first-order valence-electron chi connectivity index (χ1n) is 10.8. The molecule has 12 nitrogen and oxygen atoms in total. The predicted octanol–water partition coefficient (Wildman–Crippen LogP) is 0.596. The molecule has 1 aromatic carbocycles. The Bertz CT molecular complexity index is 1450. The molecule has 0 saturated heterocycles. The van der Waals surface area contributed by atoms with E-state index in [9.17, 15) is 18.6 Å². The van der Waals surface area contributed by atoms with Crippen LogP contribution in [0.5, 0.6) is 0 Å². The molecular formula is C22H23N7O5S. The number of nitrogens with two attached hydrogens (primary N) is 1. The van der Waals surface area contributed by atoms with E-state index in [0.29, 0.717) is 28.5 Å². The Balaban J connectivity index is 1.39. The summed E-state index contributed by atoms with van der Waals surface area (Å²) in [6, 6.07) is 12.5. The van der Waals surface area contributed by atoms with Gasteiger partial charge in [-0.1, -0.05) is 30.3 Å². The molecule has 3 heterocycles. The van der Waals surface area contributed by atoms with Crippen LogP contribution >= 0.6 is 0 Å². The van der Waals surface area contributed by atoms with Crippen LogP contribution in [-0.4, -0.2) is 68.1 Å². The highest BCUT2D eigenvalue weighted by Gasteiger charge is 2.42. The number of aliphatic hydroxyl groups excluding tert-OH is 2. The standard InChI is InChI=1S/C22H23N7O5S/c23-35(32,33)34-12-14-8-16(22(31)21(14)30)27-19-6-7-25-20-9-15(28-29(19)20)18-11-24-10-17(26-18)13-4-2-1-3-5-13/h1-7,9-11,14,16,21-22,27,30-31H,8,12H2,(H2,23,32,33). The Morgan fingerprint density at radius 2 is 1.86 bits per heavy atom. The van der Waals surface area contributed by atoms with Crippen molar-refractivity contribution in [1.82, 2.24) is 24.6 Å². The number of hydrogen-bond acceptors (Lipinski definition) is 10. The van der Waals surface area contributed by atoms with Crippen LogP contribution in [-0.2, 0) is 14.5 Å². The lowest BCUT2D eigenvalue weighted by atomic mass is 10.1. The van der Waals surface area contributed by atoms with Crippen molar-refractivity contribution < 1.29 is 22.8 Å². The minimum absolute atomic E-state index is 0.250. The molecule has 0 amide bonds. The monoisotopic (exact) mass is 497 g/mol. The van der Waals surface area contributed by atoms with Crippen molar-refractivity contribution in [2.24, 2.45) is 11.1 Å². The predicted molar refractivity (Wildman–Crippen MR) is 126 cm³/mol. The van der Waals surface area contributed by atoms with Crippen LogP contribution in [0.2, 0.25) is 0 Å². The van der Waals surface area contributed by atoms with Gasteiger partial charge in [-0.25, -0.2) is 15.1 Å². The molecule has 1 saturated carbocycles. The Kier molecular flexibility index (Phi) is 6.17. The fourth-order valence-electron chi connectivity index (χ4n) is 4.17. The minimum atomic E-state index is -4.15. The minimum Gasteiger partial charge on any atom is -0.390 e. The highest BCUT2D eigenvalue weighted by Crippen LogP contribution is 2.30. The van der Waals surface area contributed by atoms with E-state index in [1.165, 1.54) is 0 Å². The molecule has 0 radical (unpaired) electrons. The third-order valence-corrected chi connectivity index (χ3v) is 6.37. The van der Waals surface area contributed by atoms with Crippen molar-refractivity contribution in [3.8, 4) is 22.6 Å². The van der Waals surface area contributed by atoms with Crippen LogP contribution in [0.4, 0.5) is 5.82 Å². The van der Waals surface area contributed by atoms with Gasteiger partial charge in [-0.2, -0.15) is 18.0 Å². The van der Waals surface area contributed by atoms with Gasteiger partial charge in [-0.05, 0) is 12.5 Å². The Labute approximate surface area is 200 Å². The highest BCUT2D eigenvalue weighted by atomic mass is 32.2. The smallest absolute Gasteiger partial charge is 0.333 e. The largest absolute Gasteiger partial charge is 0.390 e. The molecule has 0 spiro atoms. The number of aromatic nitrogens is 5. The van der Waals surface area contributed by atoms with E-state index in [4.69, 9.17) is 5.14 Å². The summed E-state index contributed by atoms with van der Waals surface area (Å²) in [5, 5.41) is 33.5. The van der Waals surface area contributed by atoms with Gasteiger partial charge >= 0.3 is 10.3 Å². The molecule has 4 unspecified atom stereocenters. The van der Waals surface area contributed by atoms with Gasteiger partial charge in [0.25, 0.3) is 0 Å². The van der Waals surface area contributed by atoms with Crippen molar-refractivity contribution in [2.75, 3.05) is 11.9 Å². The maximum atomic E-state index is 11.1. The summed E-state index contributed by atoms with van der Waals surface area (Å²) in [6.07, 6.45) is 2.80. The van der Waals surface area contributed by atoms with Crippen LogP contribution in [0.1, 0.15) is 6.42 Å². The average Bonchev–Trinajstić information content (AvgIpc) is 3.41. The van der Waals surface area contributed by atoms with Gasteiger partial charge in [-0.3, -0.25) is 9.17 Å². The van der Waals surface area contributed by atoms with Crippen molar-refractivity contribution in [3.05, 3.63) is 61.1 Å². The molecule has 4 atom stereocenters. The molecule has 1 fully saturated rings.